The van der Waals surface area contributed by atoms with Gasteiger partial charge in [-0.1, -0.05) is 35.3 Å². The second kappa shape index (κ2) is 7.88. The first-order valence-electron chi connectivity index (χ1n) is 7.23. The van der Waals surface area contributed by atoms with Crippen molar-refractivity contribution in [2.45, 2.75) is 13.0 Å². The Kier molecular flexibility index (Phi) is 6.10. The van der Waals surface area contributed by atoms with Gasteiger partial charge in [-0.15, -0.1) is 0 Å². The first-order chi connectivity index (χ1) is 11.4. The molecule has 1 aromatic rings. The van der Waals surface area contributed by atoms with Gasteiger partial charge in [-0.05, 0) is 18.6 Å². The Morgan fingerprint density at radius 3 is 2.71 bits per heavy atom. The van der Waals surface area contributed by atoms with E-state index in [0.717, 1.165) is 0 Å². The van der Waals surface area contributed by atoms with E-state index in [4.69, 9.17) is 32.7 Å². The molecule has 1 aliphatic rings. The van der Waals surface area contributed by atoms with Gasteiger partial charge in [0.1, 0.15) is 6.61 Å². The number of nitrogens with zero attached hydrogens (tertiary/aromatic N) is 1. The number of benzene rings is 1. The van der Waals surface area contributed by atoms with Gasteiger partial charge in [0.25, 0.3) is 0 Å². The molecule has 1 atom stereocenters. The number of urea groups is 1. The number of hydrogen-bond acceptors (Lipinski definition) is 4. The Morgan fingerprint density at radius 1 is 1.33 bits per heavy atom. The number of amides is 2. The second-order valence-electron chi connectivity index (χ2n) is 5.21. The van der Waals surface area contributed by atoms with Crippen molar-refractivity contribution in [3.8, 4) is 0 Å². The van der Waals surface area contributed by atoms with Gasteiger partial charge in [0.2, 0.25) is 0 Å². The fraction of sp³-hybridized carbons (Fsp3) is 0.375. The summed E-state index contributed by atoms with van der Waals surface area (Å²) in [5.41, 5.74) is 1.32. The lowest BCUT2D eigenvalue weighted by Crippen LogP contribution is -2.46. The van der Waals surface area contributed by atoms with Crippen LogP contribution in [0.2, 0.25) is 10.0 Å². The number of carbonyl (C=O) groups is 2. The van der Waals surface area contributed by atoms with E-state index in [1.54, 1.807) is 32.2 Å². The minimum Gasteiger partial charge on any atom is -0.460 e. The van der Waals surface area contributed by atoms with Crippen LogP contribution in [0.1, 0.15) is 18.5 Å². The van der Waals surface area contributed by atoms with Crippen LogP contribution >= 0.6 is 23.2 Å². The standard InChI is InChI=1S/C16H18Cl2N2O4/c1-9-12(15(21)24-8-7-23-3)14(19-16(22)20(9)2)10-5-4-6-11(17)13(10)18/h4-6,14H,7-8H2,1-3H3,(H,19,22). The lowest BCUT2D eigenvalue weighted by molar-refractivity contribution is -0.140. The summed E-state index contributed by atoms with van der Waals surface area (Å²) in [7, 11) is 3.09. The molecular formula is C16H18Cl2N2O4. The van der Waals surface area contributed by atoms with E-state index in [1.807, 2.05) is 0 Å². The number of ether oxygens (including phenoxy) is 2. The summed E-state index contributed by atoms with van der Waals surface area (Å²) in [4.78, 5) is 26.0. The normalized spacial score (nSPS) is 17.8. The third-order valence-electron chi connectivity index (χ3n) is 3.79. The zero-order valence-corrected chi connectivity index (χ0v) is 15.1. The molecule has 1 N–H and O–H groups in total. The molecule has 0 bridgehead atoms. The molecule has 0 fully saturated rings. The highest BCUT2D eigenvalue weighted by molar-refractivity contribution is 6.42. The third kappa shape index (κ3) is 3.66. The number of carbonyl (C=O) groups excluding carboxylic acids is 2. The van der Waals surface area contributed by atoms with Crippen LogP contribution in [-0.4, -0.2) is 44.3 Å². The Morgan fingerprint density at radius 2 is 2.04 bits per heavy atom. The van der Waals surface area contributed by atoms with Crippen LogP contribution in [0.15, 0.2) is 29.5 Å². The molecule has 1 aliphatic heterocycles. The molecule has 6 nitrogen and oxygen atoms in total. The van der Waals surface area contributed by atoms with Crippen molar-refractivity contribution in [3.05, 3.63) is 45.1 Å². The number of esters is 1. The number of hydrogen-bond donors (Lipinski definition) is 1. The van der Waals surface area contributed by atoms with Crippen LogP contribution in [0.3, 0.4) is 0 Å². The fourth-order valence-corrected chi connectivity index (χ4v) is 2.79. The molecule has 0 saturated heterocycles. The molecule has 0 aliphatic carbocycles. The molecule has 0 aromatic heterocycles. The maximum absolute atomic E-state index is 12.5. The Hall–Kier alpha value is -1.76. The molecule has 0 saturated carbocycles. The monoisotopic (exact) mass is 372 g/mol. The van der Waals surface area contributed by atoms with Crippen molar-refractivity contribution in [1.82, 2.24) is 10.2 Å². The summed E-state index contributed by atoms with van der Waals surface area (Å²) >= 11 is 12.3. The van der Waals surface area contributed by atoms with Gasteiger partial charge in [-0.2, -0.15) is 0 Å². The first kappa shape index (κ1) is 18.6. The maximum Gasteiger partial charge on any atom is 0.338 e. The smallest absolute Gasteiger partial charge is 0.338 e. The predicted octanol–water partition coefficient (Wildman–Crippen LogP) is 3.15. The van der Waals surface area contributed by atoms with Crippen LogP contribution in [0, 0.1) is 0 Å². The Bertz CT molecular complexity index is 691. The zero-order valence-electron chi connectivity index (χ0n) is 13.6. The van der Waals surface area contributed by atoms with Gasteiger partial charge in [0, 0.05) is 19.9 Å². The lowest BCUT2D eigenvalue weighted by Gasteiger charge is -2.33. The van der Waals surface area contributed by atoms with Crippen LogP contribution < -0.4 is 5.32 Å². The van der Waals surface area contributed by atoms with Crippen molar-refractivity contribution in [3.63, 3.8) is 0 Å². The molecular weight excluding hydrogens is 355 g/mol. The number of nitrogens with one attached hydrogen (secondary N) is 1. The molecule has 1 unspecified atom stereocenters. The van der Waals surface area contributed by atoms with Gasteiger partial charge in [-0.25, -0.2) is 9.59 Å². The van der Waals surface area contributed by atoms with E-state index in [-0.39, 0.29) is 24.3 Å². The zero-order chi connectivity index (χ0) is 17.9. The highest BCUT2D eigenvalue weighted by Gasteiger charge is 2.36. The van der Waals surface area contributed by atoms with Crippen LogP contribution in [0.4, 0.5) is 4.79 Å². The fourth-order valence-electron chi connectivity index (χ4n) is 2.37. The topological polar surface area (TPSA) is 67.9 Å². The van der Waals surface area contributed by atoms with Gasteiger partial charge >= 0.3 is 12.0 Å². The summed E-state index contributed by atoms with van der Waals surface area (Å²) in [6, 6.07) is 3.96. The minimum atomic E-state index is -0.741. The molecule has 0 spiro atoms. The average Bonchev–Trinajstić information content (AvgIpc) is 2.55. The van der Waals surface area contributed by atoms with E-state index >= 15 is 0 Å². The molecule has 1 heterocycles. The number of methoxy groups -OCH3 is 1. The highest BCUT2D eigenvalue weighted by Crippen LogP contribution is 2.37. The van der Waals surface area contributed by atoms with Crippen molar-refractivity contribution >= 4 is 35.2 Å². The molecule has 0 radical (unpaired) electrons. The second-order valence-corrected chi connectivity index (χ2v) is 6.00. The van der Waals surface area contributed by atoms with E-state index in [1.165, 1.54) is 12.0 Å². The summed E-state index contributed by atoms with van der Waals surface area (Å²) < 4.78 is 10.1. The SMILES string of the molecule is COCCOC(=O)C1=C(C)N(C)C(=O)NC1c1cccc(Cl)c1Cl. The number of allylic oxidation sites excluding steroid dienone is 1. The Labute approximate surface area is 150 Å². The number of halogens is 2. The van der Waals surface area contributed by atoms with Crippen molar-refractivity contribution in [2.24, 2.45) is 0 Å². The van der Waals surface area contributed by atoms with Gasteiger partial charge in [0.05, 0.1) is 28.3 Å². The number of rotatable bonds is 5. The van der Waals surface area contributed by atoms with Crippen LogP contribution in [-0.2, 0) is 14.3 Å². The maximum atomic E-state index is 12.5. The molecule has 8 heteroatoms. The van der Waals surface area contributed by atoms with Gasteiger partial charge in [-0.3, -0.25) is 0 Å². The lowest BCUT2D eigenvalue weighted by atomic mass is 9.95. The third-order valence-corrected chi connectivity index (χ3v) is 4.62. The average molecular weight is 373 g/mol. The van der Waals surface area contributed by atoms with Crippen molar-refractivity contribution in [2.75, 3.05) is 27.4 Å². The van der Waals surface area contributed by atoms with E-state index < -0.39 is 12.0 Å². The highest BCUT2D eigenvalue weighted by atomic mass is 35.5. The quantitative estimate of drug-likeness (QED) is 0.636. The van der Waals surface area contributed by atoms with E-state index in [9.17, 15) is 9.59 Å². The van der Waals surface area contributed by atoms with Gasteiger partial charge < -0.3 is 19.7 Å². The molecule has 24 heavy (non-hydrogen) atoms. The molecule has 2 amide bonds. The van der Waals surface area contributed by atoms with E-state index in [2.05, 4.69) is 5.32 Å². The van der Waals surface area contributed by atoms with Crippen LogP contribution in [0.25, 0.3) is 0 Å². The van der Waals surface area contributed by atoms with Crippen molar-refractivity contribution < 1.29 is 19.1 Å². The summed E-state index contributed by atoms with van der Waals surface area (Å²) in [6.07, 6.45) is 0. The Balaban J connectivity index is 2.45. The molecule has 130 valence electrons. The molecule has 1 aromatic carbocycles. The summed E-state index contributed by atoms with van der Waals surface area (Å²) in [5, 5.41) is 3.38. The van der Waals surface area contributed by atoms with Gasteiger partial charge in [0.15, 0.2) is 0 Å². The van der Waals surface area contributed by atoms with Crippen molar-refractivity contribution in [1.29, 1.82) is 0 Å². The van der Waals surface area contributed by atoms with E-state index in [0.29, 0.717) is 21.9 Å². The predicted molar refractivity (Wildman–Crippen MR) is 91.0 cm³/mol. The summed E-state index contributed by atoms with van der Waals surface area (Å²) in [6.45, 7) is 2.07. The first-order valence-corrected chi connectivity index (χ1v) is 7.99. The summed E-state index contributed by atoms with van der Waals surface area (Å²) in [5.74, 6) is -0.544. The van der Waals surface area contributed by atoms with Crippen LogP contribution in [0.5, 0.6) is 0 Å². The largest absolute Gasteiger partial charge is 0.460 e. The molecule has 2 rings (SSSR count). The minimum absolute atomic E-state index is 0.111.